The van der Waals surface area contributed by atoms with E-state index < -0.39 is 0 Å². The third-order valence-electron chi connectivity index (χ3n) is 3.55. The molecular formula is C15H15ClN4O. The van der Waals surface area contributed by atoms with E-state index in [0.29, 0.717) is 10.7 Å². The lowest BCUT2D eigenvalue weighted by atomic mass is 9.96. The zero-order valence-electron chi connectivity index (χ0n) is 11.4. The third kappa shape index (κ3) is 2.97. The molecule has 0 spiro atoms. The zero-order chi connectivity index (χ0) is 14.7. The molecule has 2 aromatic rings. The van der Waals surface area contributed by atoms with Crippen molar-refractivity contribution in [1.29, 1.82) is 0 Å². The fourth-order valence-corrected chi connectivity index (χ4v) is 2.65. The van der Waals surface area contributed by atoms with Crippen LogP contribution in [0.15, 0.2) is 29.4 Å². The molecule has 1 aliphatic rings. The largest absolute Gasteiger partial charge is 0.292 e. The highest BCUT2D eigenvalue weighted by atomic mass is 35.5. The molecule has 3 rings (SSSR count). The Labute approximate surface area is 127 Å². The van der Waals surface area contributed by atoms with Gasteiger partial charge in [-0.15, -0.1) is 0 Å². The molecule has 0 aliphatic heterocycles. The van der Waals surface area contributed by atoms with Crippen LogP contribution in [0.4, 0.5) is 0 Å². The number of carbonyl (C=O) groups is 1. The number of aryl methyl sites for hydroxylation is 1. The van der Waals surface area contributed by atoms with Gasteiger partial charge in [-0.05, 0) is 31.7 Å². The van der Waals surface area contributed by atoms with Crippen molar-refractivity contribution >= 4 is 23.7 Å². The number of aromatic amines is 1. The van der Waals surface area contributed by atoms with E-state index in [1.807, 2.05) is 18.2 Å². The molecule has 1 aromatic heterocycles. The van der Waals surface area contributed by atoms with Crippen LogP contribution >= 0.6 is 11.6 Å². The van der Waals surface area contributed by atoms with Gasteiger partial charge < -0.3 is 0 Å². The van der Waals surface area contributed by atoms with E-state index in [1.54, 1.807) is 6.07 Å². The molecule has 1 aliphatic carbocycles. The monoisotopic (exact) mass is 302 g/mol. The van der Waals surface area contributed by atoms with Gasteiger partial charge in [-0.1, -0.05) is 29.8 Å². The lowest BCUT2D eigenvalue weighted by Gasteiger charge is -2.10. The van der Waals surface area contributed by atoms with E-state index in [4.69, 9.17) is 11.6 Å². The van der Waals surface area contributed by atoms with Crippen molar-refractivity contribution in [3.05, 3.63) is 51.8 Å². The molecule has 2 N–H and O–H groups in total. The van der Waals surface area contributed by atoms with E-state index >= 15 is 0 Å². The van der Waals surface area contributed by atoms with Crippen LogP contribution in [0, 0.1) is 0 Å². The number of benzene rings is 1. The predicted molar refractivity (Wildman–Crippen MR) is 81.7 cm³/mol. The molecule has 1 aromatic carbocycles. The summed E-state index contributed by atoms with van der Waals surface area (Å²) in [5, 5.41) is 11.6. The Hall–Kier alpha value is -2.14. The van der Waals surface area contributed by atoms with E-state index in [0.717, 1.165) is 42.5 Å². The second kappa shape index (κ2) is 6.10. The van der Waals surface area contributed by atoms with Crippen LogP contribution in [0.1, 0.15) is 40.2 Å². The summed E-state index contributed by atoms with van der Waals surface area (Å²) in [6, 6.07) is 7.30. The third-order valence-corrected chi connectivity index (χ3v) is 3.89. The van der Waals surface area contributed by atoms with Gasteiger partial charge in [0, 0.05) is 21.8 Å². The quantitative estimate of drug-likeness (QED) is 0.676. The average molecular weight is 303 g/mol. The smallest absolute Gasteiger partial charge is 0.281 e. The van der Waals surface area contributed by atoms with Crippen molar-refractivity contribution in [2.75, 3.05) is 0 Å². The summed E-state index contributed by atoms with van der Waals surface area (Å²) in [5.74, 6) is -0.294. The van der Waals surface area contributed by atoms with Gasteiger partial charge in [0.05, 0.1) is 6.21 Å². The number of hydrogen-bond donors (Lipinski definition) is 2. The zero-order valence-corrected chi connectivity index (χ0v) is 12.2. The molecule has 5 nitrogen and oxygen atoms in total. The fraction of sp³-hybridized carbons (Fsp3) is 0.267. The molecule has 0 saturated heterocycles. The van der Waals surface area contributed by atoms with Gasteiger partial charge in [0.15, 0.2) is 5.69 Å². The van der Waals surface area contributed by atoms with Gasteiger partial charge in [0.2, 0.25) is 0 Å². The molecule has 1 amide bonds. The van der Waals surface area contributed by atoms with Crippen LogP contribution in [-0.2, 0) is 12.8 Å². The maximum Gasteiger partial charge on any atom is 0.292 e. The van der Waals surface area contributed by atoms with E-state index in [1.165, 1.54) is 6.21 Å². The van der Waals surface area contributed by atoms with Crippen molar-refractivity contribution < 1.29 is 4.79 Å². The molecule has 1 heterocycles. The minimum atomic E-state index is -0.294. The number of hydrazone groups is 1. The molecule has 0 bridgehead atoms. The Bertz CT molecular complexity index is 693. The predicted octanol–water partition coefficient (Wildman–Crippen LogP) is 2.71. The minimum Gasteiger partial charge on any atom is -0.281 e. The number of aromatic nitrogens is 2. The molecule has 0 radical (unpaired) electrons. The molecule has 0 atom stereocenters. The SMILES string of the molecule is O=C(N/N=C/c1ccccc1Cl)c1n[nH]c2c1CCCC2. The minimum absolute atomic E-state index is 0.294. The Balaban J connectivity index is 1.70. The highest BCUT2D eigenvalue weighted by Crippen LogP contribution is 2.21. The topological polar surface area (TPSA) is 70.1 Å². The number of carbonyl (C=O) groups excluding carboxylic acids is 1. The van der Waals surface area contributed by atoms with Crippen molar-refractivity contribution in [2.24, 2.45) is 5.10 Å². The summed E-state index contributed by atoms with van der Waals surface area (Å²) < 4.78 is 0. The van der Waals surface area contributed by atoms with Crippen molar-refractivity contribution in [3.63, 3.8) is 0 Å². The van der Waals surface area contributed by atoms with Crippen molar-refractivity contribution in [1.82, 2.24) is 15.6 Å². The molecule has 21 heavy (non-hydrogen) atoms. The fourth-order valence-electron chi connectivity index (χ4n) is 2.46. The summed E-state index contributed by atoms with van der Waals surface area (Å²) in [4.78, 5) is 12.1. The number of hydrogen-bond acceptors (Lipinski definition) is 3. The van der Waals surface area contributed by atoms with Crippen LogP contribution in [0.3, 0.4) is 0 Å². The first-order valence-electron chi connectivity index (χ1n) is 6.90. The second-order valence-corrected chi connectivity index (χ2v) is 5.36. The lowest BCUT2D eigenvalue weighted by molar-refractivity contribution is 0.0949. The maximum absolute atomic E-state index is 12.1. The summed E-state index contributed by atoms with van der Waals surface area (Å²) in [6.45, 7) is 0. The molecule has 108 valence electrons. The van der Waals surface area contributed by atoms with Crippen molar-refractivity contribution in [3.8, 4) is 0 Å². The van der Waals surface area contributed by atoms with Gasteiger partial charge in [0.1, 0.15) is 0 Å². The number of fused-ring (bicyclic) bond motifs is 1. The van der Waals surface area contributed by atoms with Crippen LogP contribution in [0.25, 0.3) is 0 Å². The van der Waals surface area contributed by atoms with Gasteiger partial charge in [-0.2, -0.15) is 10.2 Å². The summed E-state index contributed by atoms with van der Waals surface area (Å²) >= 11 is 6.01. The molecule has 0 saturated carbocycles. The first-order chi connectivity index (χ1) is 10.3. The van der Waals surface area contributed by atoms with E-state index in [-0.39, 0.29) is 5.91 Å². The Morgan fingerprint density at radius 3 is 3.00 bits per heavy atom. The first-order valence-corrected chi connectivity index (χ1v) is 7.27. The standard InChI is InChI=1S/C15H15ClN4O/c16-12-7-3-1-5-10(12)9-17-20-15(21)14-11-6-2-4-8-13(11)18-19-14/h1,3,5,7,9H,2,4,6,8H2,(H,18,19)(H,20,21)/b17-9+. The van der Waals surface area contributed by atoms with Gasteiger partial charge >= 0.3 is 0 Å². The number of H-pyrrole nitrogens is 1. The second-order valence-electron chi connectivity index (χ2n) is 4.96. The Morgan fingerprint density at radius 2 is 2.14 bits per heavy atom. The highest BCUT2D eigenvalue weighted by molar-refractivity contribution is 6.33. The van der Waals surface area contributed by atoms with Crippen LogP contribution in [0.5, 0.6) is 0 Å². The number of amides is 1. The van der Waals surface area contributed by atoms with Gasteiger partial charge in [-0.25, -0.2) is 5.43 Å². The normalized spacial score (nSPS) is 14.1. The number of nitrogens with one attached hydrogen (secondary N) is 2. The Morgan fingerprint density at radius 1 is 1.33 bits per heavy atom. The molecular weight excluding hydrogens is 288 g/mol. The van der Waals surface area contributed by atoms with E-state index in [2.05, 4.69) is 20.7 Å². The van der Waals surface area contributed by atoms with Gasteiger partial charge in [0.25, 0.3) is 5.91 Å². The average Bonchev–Trinajstić information content (AvgIpc) is 2.93. The van der Waals surface area contributed by atoms with Crippen LogP contribution in [-0.4, -0.2) is 22.3 Å². The molecule has 0 fully saturated rings. The highest BCUT2D eigenvalue weighted by Gasteiger charge is 2.21. The summed E-state index contributed by atoms with van der Waals surface area (Å²) in [5.41, 5.74) is 5.79. The molecule has 0 unspecified atom stereocenters. The summed E-state index contributed by atoms with van der Waals surface area (Å²) in [6.07, 6.45) is 5.61. The van der Waals surface area contributed by atoms with Crippen molar-refractivity contribution in [2.45, 2.75) is 25.7 Å². The van der Waals surface area contributed by atoms with Crippen LogP contribution in [0.2, 0.25) is 5.02 Å². The van der Waals surface area contributed by atoms with Gasteiger partial charge in [-0.3, -0.25) is 9.89 Å². The Kier molecular flexibility index (Phi) is 4.01. The number of halogens is 1. The number of nitrogens with zero attached hydrogens (tertiary/aromatic N) is 2. The van der Waals surface area contributed by atoms with Crippen LogP contribution < -0.4 is 5.43 Å². The first kappa shape index (κ1) is 13.8. The lowest BCUT2D eigenvalue weighted by Crippen LogP contribution is -2.20. The van der Waals surface area contributed by atoms with E-state index in [9.17, 15) is 4.79 Å². The summed E-state index contributed by atoms with van der Waals surface area (Å²) in [7, 11) is 0. The maximum atomic E-state index is 12.1. The molecule has 6 heteroatoms. The number of rotatable bonds is 3.